The number of alkyl halides is 3. The molecule has 0 spiro atoms. The minimum atomic E-state index is -4.66. The number of rotatable bonds is 1. The number of aliphatic hydroxyl groups excluding tert-OH is 1. The second-order valence-electron chi connectivity index (χ2n) is 4.77. The molecule has 0 bridgehead atoms. The smallest absolute Gasteiger partial charge is 0.378 e. The van der Waals surface area contributed by atoms with Crippen molar-refractivity contribution in [3.63, 3.8) is 0 Å². The zero-order chi connectivity index (χ0) is 12.7. The number of hydrogen-bond acceptors (Lipinski definition) is 2. The van der Waals surface area contributed by atoms with E-state index < -0.39 is 12.3 Å². The van der Waals surface area contributed by atoms with Gasteiger partial charge >= 0.3 is 6.18 Å². The van der Waals surface area contributed by atoms with Crippen molar-refractivity contribution in [3.05, 3.63) is 17.5 Å². The lowest BCUT2D eigenvalue weighted by molar-refractivity contribution is -0.208. The molecule has 0 fully saturated rings. The molecule has 6 heteroatoms. The van der Waals surface area contributed by atoms with Gasteiger partial charge in [-0.15, -0.1) is 0 Å². The van der Waals surface area contributed by atoms with Crippen LogP contribution in [0.15, 0.2) is 6.07 Å². The van der Waals surface area contributed by atoms with Crippen LogP contribution in [0.1, 0.15) is 38.3 Å². The molecule has 1 aromatic heterocycles. The maximum absolute atomic E-state index is 12.3. The Labute approximate surface area is 91.9 Å². The fourth-order valence-electron chi connectivity index (χ4n) is 1.27. The van der Waals surface area contributed by atoms with Gasteiger partial charge in [0, 0.05) is 12.5 Å². The van der Waals surface area contributed by atoms with Gasteiger partial charge in [0.25, 0.3) is 0 Å². The lowest BCUT2D eigenvalue weighted by Gasteiger charge is -2.14. The largest absolute Gasteiger partial charge is 0.420 e. The molecule has 1 heterocycles. The Hall–Kier alpha value is -1.04. The first-order valence-electron chi connectivity index (χ1n) is 4.82. The molecule has 0 amide bonds. The number of aromatic nitrogens is 2. The molecule has 0 aliphatic heterocycles. The predicted octanol–water partition coefficient (Wildman–Crippen LogP) is 2.31. The number of nitrogens with zero attached hydrogens (tertiary/aromatic N) is 2. The highest BCUT2D eigenvalue weighted by atomic mass is 19.4. The zero-order valence-corrected chi connectivity index (χ0v) is 9.63. The topological polar surface area (TPSA) is 38.0 Å². The van der Waals surface area contributed by atoms with Crippen LogP contribution in [0.25, 0.3) is 0 Å². The summed E-state index contributed by atoms with van der Waals surface area (Å²) in [5.41, 5.74) is -0.0628. The first kappa shape index (κ1) is 13.0. The van der Waals surface area contributed by atoms with Gasteiger partial charge in [0.05, 0.1) is 11.4 Å². The van der Waals surface area contributed by atoms with Crippen molar-refractivity contribution in [1.29, 1.82) is 0 Å². The summed E-state index contributed by atoms with van der Waals surface area (Å²) in [7, 11) is 1.39. The van der Waals surface area contributed by atoms with Crippen LogP contribution in [0.5, 0.6) is 0 Å². The van der Waals surface area contributed by atoms with Crippen LogP contribution in [0.2, 0.25) is 0 Å². The molecule has 3 nitrogen and oxygen atoms in total. The van der Waals surface area contributed by atoms with Crippen molar-refractivity contribution in [2.75, 3.05) is 0 Å². The second-order valence-corrected chi connectivity index (χ2v) is 4.77. The van der Waals surface area contributed by atoms with Crippen molar-refractivity contribution >= 4 is 0 Å². The summed E-state index contributed by atoms with van der Waals surface area (Å²) in [4.78, 5) is 0. The average molecular weight is 236 g/mol. The molecule has 0 saturated heterocycles. The Morgan fingerprint density at radius 1 is 1.31 bits per heavy atom. The number of aryl methyl sites for hydroxylation is 1. The molecule has 1 rings (SSSR count). The lowest BCUT2D eigenvalue weighted by Crippen LogP contribution is -2.22. The molecule has 1 N–H and O–H groups in total. The van der Waals surface area contributed by atoms with Crippen LogP contribution in [0.3, 0.4) is 0 Å². The average Bonchev–Trinajstić information content (AvgIpc) is 2.43. The highest BCUT2D eigenvalue weighted by Crippen LogP contribution is 2.33. The number of hydrogen-bond donors (Lipinski definition) is 1. The second kappa shape index (κ2) is 3.76. The Bertz CT molecular complexity index is 376. The van der Waals surface area contributed by atoms with Gasteiger partial charge < -0.3 is 5.11 Å². The predicted molar refractivity (Wildman–Crippen MR) is 52.9 cm³/mol. The molecule has 0 aliphatic rings. The SMILES string of the molecule is Cn1nc(C(C)(C)C)cc1[C@@H](O)C(F)(F)F. The van der Waals surface area contributed by atoms with Gasteiger partial charge in [0.1, 0.15) is 0 Å². The van der Waals surface area contributed by atoms with Crippen LogP contribution in [0.4, 0.5) is 13.2 Å². The van der Waals surface area contributed by atoms with E-state index in [-0.39, 0.29) is 11.1 Å². The third kappa shape index (κ3) is 2.55. The third-order valence-electron chi connectivity index (χ3n) is 2.27. The summed E-state index contributed by atoms with van der Waals surface area (Å²) >= 11 is 0. The molecule has 0 radical (unpaired) electrons. The van der Waals surface area contributed by atoms with Gasteiger partial charge in [0.2, 0.25) is 0 Å². The molecule has 1 atom stereocenters. The van der Waals surface area contributed by atoms with E-state index in [1.807, 2.05) is 20.8 Å². The molecular formula is C10H15F3N2O. The molecule has 0 unspecified atom stereocenters. The Morgan fingerprint density at radius 3 is 2.12 bits per heavy atom. The minimum Gasteiger partial charge on any atom is -0.378 e. The maximum atomic E-state index is 12.3. The van der Waals surface area contributed by atoms with Gasteiger partial charge in [0.15, 0.2) is 6.10 Å². The first-order valence-corrected chi connectivity index (χ1v) is 4.82. The molecule has 0 aromatic carbocycles. The van der Waals surface area contributed by atoms with Gasteiger partial charge in [-0.2, -0.15) is 18.3 Å². The van der Waals surface area contributed by atoms with E-state index in [0.717, 1.165) is 4.68 Å². The quantitative estimate of drug-likeness (QED) is 0.812. The zero-order valence-electron chi connectivity index (χ0n) is 9.63. The van der Waals surface area contributed by atoms with Crippen molar-refractivity contribution in [1.82, 2.24) is 9.78 Å². The molecule has 16 heavy (non-hydrogen) atoms. The van der Waals surface area contributed by atoms with Crippen molar-refractivity contribution in [2.24, 2.45) is 7.05 Å². The summed E-state index contributed by atoms with van der Waals surface area (Å²) in [6.45, 7) is 5.54. The van der Waals surface area contributed by atoms with E-state index >= 15 is 0 Å². The minimum absolute atomic E-state index is 0.238. The fraction of sp³-hybridized carbons (Fsp3) is 0.700. The summed E-state index contributed by atoms with van der Waals surface area (Å²) in [6, 6.07) is 1.29. The normalized spacial score (nSPS) is 15.2. The summed E-state index contributed by atoms with van der Waals surface area (Å²) in [6.07, 6.45) is -7.15. The monoisotopic (exact) mass is 236 g/mol. The molecule has 1 aromatic rings. The van der Waals surface area contributed by atoms with Crippen LogP contribution in [0, 0.1) is 0 Å². The Kier molecular flexibility index (Phi) is 3.06. The van der Waals surface area contributed by atoms with Gasteiger partial charge in [-0.1, -0.05) is 20.8 Å². The van der Waals surface area contributed by atoms with E-state index in [1.54, 1.807) is 0 Å². The van der Waals surface area contributed by atoms with E-state index in [1.165, 1.54) is 13.1 Å². The Balaban J connectivity index is 3.13. The molecular weight excluding hydrogens is 221 g/mol. The summed E-state index contributed by atoms with van der Waals surface area (Å²) in [5, 5.41) is 13.1. The van der Waals surface area contributed by atoms with E-state index in [4.69, 9.17) is 5.11 Å². The van der Waals surface area contributed by atoms with E-state index in [2.05, 4.69) is 5.10 Å². The lowest BCUT2D eigenvalue weighted by atomic mass is 9.92. The highest BCUT2D eigenvalue weighted by Gasteiger charge is 2.41. The molecule has 92 valence electrons. The van der Waals surface area contributed by atoms with Crippen molar-refractivity contribution in [2.45, 2.75) is 38.5 Å². The van der Waals surface area contributed by atoms with Crippen LogP contribution < -0.4 is 0 Å². The maximum Gasteiger partial charge on any atom is 0.420 e. The van der Waals surface area contributed by atoms with Crippen LogP contribution in [-0.2, 0) is 12.5 Å². The summed E-state index contributed by atoms with van der Waals surface area (Å²) < 4.78 is 38.1. The number of aliphatic hydroxyl groups is 1. The first-order chi connectivity index (χ1) is 7.03. The van der Waals surface area contributed by atoms with Gasteiger partial charge in [-0.3, -0.25) is 4.68 Å². The number of halogens is 3. The van der Waals surface area contributed by atoms with E-state index in [9.17, 15) is 13.2 Å². The molecule has 0 saturated carbocycles. The van der Waals surface area contributed by atoms with E-state index in [0.29, 0.717) is 5.69 Å². The van der Waals surface area contributed by atoms with Crippen molar-refractivity contribution in [3.8, 4) is 0 Å². The highest BCUT2D eigenvalue weighted by molar-refractivity contribution is 5.19. The van der Waals surface area contributed by atoms with Crippen LogP contribution >= 0.6 is 0 Å². The van der Waals surface area contributed by atoms with Crippen LogP contribution in [-0.4, -0.2) is 21.1 Å². The van der Waals surface area contributed by atoms with Gasteiger partial charge in [-0.25, -0.2) is 0 Å². The standard InChI is InChI=1S/C10H15F3N2O/c1-9(2,3)7-5-6(15(4)14-7)8(16)10(11,12)13/h5,8,16H,1-4H3/t8-/m1/s1. The van der Waals surface area contributed by atoms with Crippen molar-refractivity contribution < 1.29 is 18.3 Å². The molecule has 0 aliphatic carbocycles. The third-order valence-corrected chi connectivity index (χ3v) is 2.27. The Morgan fingerprint density at radius 2 is 1.81 bits per heavy atom. The van der Waals surface area contributed by atoms with Gasteiger partial charge in [-0.05, 0) is 6.07 Å². The summed E-state index contributed by atoms with van der Waals surface area (Å²) in [5.74, 6) is 0. The fourth-order valence-corrected chi connectivity index (χ4v) is 1.27.